The van der Waals surface area contributed by atoms with Crippen LogP contribution in [-0.2, 0) is 6.42 Å². The Bertz CT molecular complexity index is 1080. The largest absolute Gasteiger partial charge is 0.367 e. The predicted molar refractivity (Wildman–Crippen MR) is 141 cm³/mol. The van der Waals surface area contributed by atoms with Crippen LogP contribution < -0.4 is 0 Å². The highest BCUT2D eigenvalue weighted by Crippen LogP contribution is 2.32. The Kier molecular flexibility index (Phi) is 8.41. The van der Waals surface area contributed by atoms with Crippen molar-refractivity contribution in [2.75, 3.05) is 26.2 Å². The van der Waals surface area contributed by atoms with Gasteiger partial charge in [-0.25, -0.2) is 8.78 Å². The molecule has 1 aromatic carbocycles. The van der Waals surface area contributed by atoms with Crippen molar-refractivity contribution in [3.05, 3.63) is 60.2 Å². The van der Waals surface area contributed by atoms with E-state index in [9.17, 15) is 4.39 Å². The summed E-state index contributed by atoms with van der Waals surface area (Å²) in [6, 6.07) is 11.7. The van der Waals surface area contributed by atoms with Crippen LogP contribution in [0.1, 0.15) is 63.6 Å². The highest BCUT2D eigenvalue weighted by Gasteiger charge is 2.27. The van der Waals surface area contributed by atoms with Crippen LogP contribution in [0.3, 0.4) is 0 Å². The maximum Gasteiger partial charge on any atom is 0.133 e. The van der Waals surface area contributed by atoms with Gasteiger partial charge in [-0.1, -0.05) is 18.7 Å². The molecule has 2 aromatic rings. The molecule has 2 aliphatic heterocycles. The summed E-state index contributed by atoms with van der Waals surface area (Å²) in [5, 5.41) is 9.08. The van der Waals surface area contributed by atoms with Crippen LogP contribution >= 0.6 is 0 Å². The van der Waals surface area contributed by atoms with E-state index < -0.39 is 5.67 Å². The summed E-state index contributed by atoms with van der Waals surface area (Å²) in [4.78, 5) is 8.95. The Balaban J connectivity index is 1.31. The first-order chi connectivity index (χ1) is 17.2. The van der Waals surface area contributed by atoms with Crippen LogP contribution in [0, 0.1) is 23.1 Å². The summed E-state index contributed by atoms with van der Waals surface area (Å²) in [6.45, 7) is 10.7. The number of pyridine rings is 1. The first-order valence-corrected chi connectivity index (χ1v) is 13.2. The maximum atomic E-state index is 15.1. The summed E-state index contributed by atoms with van der Waals surface area (Å²) < 4.78 is 29.0. The summed E-state index contributed by atoms with van der Waals surface area (Å²) >= 11 is 0. The average molecular weight is 493 g/mol. The lowest BCUT2D eigenvalue weighted by Gasteiger charge is -2.34. The van der Waals surface area contributed by atoms with Crippen molar-refractivity contribution >= 4 is 5.70 Å². The van der Waals surface area contributed by atoms with Crippen molar-refractivity contribution in [3.63, 3.8) is 0 Å². The molecule has 192 valence electrons. The Hall–Kier alpha value is -2.78. The Labute approximate surface area is 214 Å². The summed E-state index contributed by atoms with van der Waals surface area (Å²) in [5.41, 5.74) is 2.75. The number of benzene rings is 1. The fraction of sp³-hybridized carbons (Fsp3) is 0.533. The molecule has 2 fully saturated rings. The van der Waals surface area contributed by atoms with E-state index in [1.165, 1.54) is 0 Å². The molecule has 0 saturated carbocycles. The van der Waals surface area contributed by atoms with Crippen LogP contribution in [0.4, 0.5) is 8.78 Å². The number of nitriles is 1. The standard InChI is InChI=1S/C30H38F2N4/c1-22(36-16-4-5-27(36)12-15-33)28-11-8-24(19-29(28)31)25-7-10-26(34-20-25)9-6-23-13-17-35(18-14-23)21-30(2,3)32/h7-8,10-11,19-20,23,27H,1,4-6,9,12-14,16-18,21H2,2-3H3. The summed E-state index contributed by atoms with van der Waals surface area (Å²) in [7, 11) is 0. The highest BCUT2D eigenvalue weighted by molar-refractivity contribution is 5.69. The smallest absolute Gasteiger partial charge is 0.133 e. The monoisotopic (exact) mass is 492 g/mol. The first kappa shape index (κ1) is 26.3. The number of aromatic nitrogens is 1. The molecule has 4 rings (SSSR count). The second-order valence-electron chi connectivity index (χ2n) is 11.0. The van der Waals surface area contributed by atoms with E-state index in [0.29, 0.717) is 30.1 Å². The van der Waals surface area contributed by atoms with Gasteiger partial charge in [0.05, 0.1) is 12.5 Å². The Morgan fingerprint density at radius 3 is 2.53 bits per heavy atom. The molecule has 1 unspecified atom stereocenters. The zero-order chi connectivity index (χ0) is 25.7. The van der Waals surface area contributed by atoms with Crippen molar-refractivity contribution in [1.82, 2.24) is 14.8 Å². The van der Waals surface area contributed by atoms with Crippen LogP contribution in [0.25, 0.3) is 16.8 Å². The molecular formula is C30H38F2N4. The number of hydrogen-bond acceptors (Lipinski definition) is 4. The molecule has 0 N–H and O–H groups in total. The number of piperidine rings is 1. The van der Waals surface area contributed by atoms with E-state index in [1.54, 1.807) is 26.0 Å². The van der Waals surface area contributed by atoms with Gasteiger partial charge in [-0.3, -0.25) is 4.98 Å². The normalized spacial score (nSPS) is 19.4. The summed E-state index contributed by atoms with van der Waals surface area (Å²) in [5.74, 6) is 0.357. The number of rotatable bonds is 9. The number of halogens is 2. The lowest BCUT2D eigenvalue weighted by atomic mass is 9.91. The Morgan fingerprint density at radius 1 is 1.14 bits per heavy atom. The van der Waals surface area contributed by atoms with Gasteiger partial charge in [0.1, 0.15) is 11.5 Å². The fourth-order valence-electron chi connectivity index (χ4n) is 5.65. The SMILES string of the molecule is C=C(c1ccc(-c2ccc(CCC3CCN(CC(C)(C)F)CC3)nc2)cc1F)N1CCCC1CC#N. The molecule has 0 bridgehead atoms. The molecule has 36 heavy (non-hydrogen) atoms. The van der Waals surface area contributed by atoms with Gasteiger partial charge >= 0.3 is 0 Å². The molecule has 3 heterocycles. The fourth-order valence-corrected chi connectivity index (χ4v) is 5.65. The summed E-state index contributed by atoms with van der Waals surface area (Å²) in [6.07, 6.45) is 8.45. The predicted octanol–water partition coefficient (Wildman–Crippen LogP) is 6.63. The zero-order valence-electron chi connectivity index (χ0n) is 21.6. The molecule has 0 radical (unpaired) electrons. The molecule has 4 nitrogen and oxygen atoms in total. The van der Waals surface area contributed by atoms with Gasteiger partial charge in [0, 0.05) is 47.8 Å². The van der Waals surface area contributed by atoms with E-state index in [1.807, 2.05) is 24.4 Å². The van der Waals surface area contributed by atoms with E-state index in [0.717, 1.165) is 75.0 Å². The van der Waals surface area contributed by atoms with Gasteiger partial charge in [0.2, 0.25) is 0 Å². The second-order valence-corrected chi connectivity index (χ2v) is 11.0. The van der Waals surface area contributed by atoms with Gasteiger partial charge in [-0.15, -0.1) is 0 Å². The molecule has 2 saturated heterocycles. The third kappa shape index (κ3) is 6.70. The van der Waals surface area contributed by atoms with E-state index in [-0.39, 0.29) is 11.9 Å². The van der Waals surface area contributed by atoms with Crippen LogP contribution in [0.2, 0.25) is 0 Å². The van der Waals surface area contributed by atoms with Crippen molar-refractivity contribution in [3.8, 4) is 17.2 Å². The van der Waals surface area contributed by atoms with E-state index in [2.05, 4.69) is 27.4 Å². The minimum absolute atomic E-state index is 0.119. The average Bonchev–Trinajstić information content (AvgIpc) is 3.31. The maximum absolute atomic E-state index is 15.1. The molecule has 2 aliphatic rings. The van der Waals surface area contributed by atoms with Gasteiger partial charge in [-0.05, 0) is 95.1 Å². The quantitative estimate of drug-likeness (QED) is 0.394. The molecule has 0 amide bonds. The molecule has 1 atom stereocenters. The molecule has 6 heteroatoms. The topological polar surface area (TPSA) is 43.2 Å². The Morgan fingerprint density at radius 2 is 1.89 bits per heavy atom. The minimum atomic E-state index is -1.13. The number of hydrogen-bond donors (Lipinski definition) is 0. The van der Waals surface area contributed by atoms with Crippen molar-refractivity contribution in [1.29, 1.82) is 5.26 Å². The highest BCUT2D eigenvalue weighted by atomic mass is 19.1. The van der Waals surface area contributed by atoms with Crippen LogP contribution in [-0.4, -0.2) is 52.7 Å². The lowest BCUT2D eigenvalue weighted by molar-refractivity contribution is 0.0942. The van der Waals surface area contributed by atoms with Gasteiger partial charge in [-0.2, -0.15) is 5.26 Å². The van der Waals surface area contributed by atoms with Crippen molar-refractivity contribution in [2.24, 2.45) is 5.92 Å². The van der Waals surface area contributed by atoms with E-state index in [4.69, 9.17) is 5.26 Å². The first-order valence-electron chi connectivity index (χ1n) is 13.2. The number of nitrogens with zero attached hydrogens (tertiary/aromatic N) is 4. The van der Waals surface area contributed by atoms with Gasteiger partial charge in [0.15, 0.2) is 0 Å². The third-order valence-corrected chi connectivity index (χ3v) is 7.60. The lowest BCUT2D eigenvalue weighted by Crippen LogP contribution is -2.41. The number of aryl methyl sites for hydroxylation is 1. The minimum Gasteiger partial charge on any atom is -0.367 e. The molecule has 0 spiro atoms. The van der Waals surface area contributed by atoms with Crippen LogP contribution in [0.5, 0.6) is 0 Å². The number of alkyl halides is 1. The van der Waals surface area contributed by atoms with Crippen LogP contribution in [0.15, 0.2) is 43.1 Å². The van der Waals surface area contributed by atoms with Crippen molar-refractivity contribution < 1.29 is 8.78 Å². The molecule has 1 aromatic heterocycles. The van der Waals surface area contributed by atoms with Gasteiger partial charge < -0.3 is 9.80 Å². The van der Waals surface area contributed by atoms with Crippen molar-refractivity contribution in [2.45, 2.75) is 70.5 Å². The molecule has 0 aliphatic carbocycles. The second kappa shape index (κ2) is 11.5. The van der Waals surface area contributed by atoms with Gasteiger partial charge in [0.25, 0.3) is 0 Å². The molecular weight excluding hydrogens is 454 g/mol. The van der Waals surface area contributed by atoms with E-state index >= 15 is 4.39 Å². The zero-order valence-corrected chi connectivity index (χ0v) is 21.6. The third-order valence-electron chi connectivity index (χ3n) is 7.60. The number of likely N-dealkylation sites (tertiary alicyclic amines) is 2.